The molecule has 1 nitrogen and oxygen atoms in total. The second-order valence-corrected chi connectivity index (χ2v) is 5.78. The number of hydrogen-bond acceptors (Lipinski definition) is 1. The molecular weight excluding hydrogens is 242 g/mol. The Morgan fingerprint density at radius 2 is 1.55 bits per heavy atom. The van der Waals surface area contributed by atoms with Crippen molar-refractivity contribution in [1.82, 2.24) is 5.32 Å². The standard InChI is InChI=1S/C19H23N/c1-2-12-20-19(15-8-4-3-5-9-15)18-13-16-10-6-7-11-17(16)14-18/h3-11,18-20H,2,12-14H2,1H3. The van der Waals surface area contributed by atoms with Crippen LogP contribution in [0, 0.1) is 5.92 Å². The van der Waals surface area contributed by atoms with Gasteiger partial charge in [-0.15, -0.1) is 0 Å². The van der Waals surface area contributed by atoms with Gasteiger partial charge in [0.25, 0.3) is 0 Å². The predicted octanol–water partition coefficient (Wildman–Crippen LogP) is 4.14. The van der Waals surface area contributed by atoms with Gasteiger partial charge >= 0.3 is 0 Å². The molecule has 2 aromatic carbocycles. The molecule has 1 aliphatic carbocycles. The third-order valence-corrected chi connectivity index (χ3v) is 4.33. The Morgan fingerprint density at radius 3 is 2.15 bits per heavy atom. The van der Waals surface area contributed by atoms with Crippen molar-refractivity contribution in [3.8, 4) is 0 Å². The highest BCUT2D eigenvalue weighted by molar-refractivity contribution is 5.34. The molecule has 0 aliphatic heterocycles. The average Bonchev–Trinajstić information content (AvgIpc) is 2.92. The lowest BCUT2D eigenvalue weighted by Crippen LogP contribution is -2.29. The molecule has 1 aliphatic rings. The van der Waals surface area contributed by atoms with Crippen LogP contribution in [0.1, 0.15) is 36.1 Å². The van der Waals surface area contributed by atoms with E-state index in [-0.39, 0.29) is 0 Å². The van der Waals surface area contributed by atoms with Crippen molar-refractivity contribution < 1.29 is 0 Å². The first kappa shape index (κ1) is 13.4. The summed E-state index contributed by atoms with van der Waals surface area (Å²) in [5, 5.41) is 3.76. The first-order chi connectivity index (χ1) is 9.88. The van der Waals surface area contributed by atoms with Crippen molar-refractivity contribution in [2.45, 2.75) is 32.2 Å². The Balaban J connectivity index is 1.81. The van der Waals surface area contributed by atoms with Crippen molar-refractivity contribution in [2.24, 2.45) is 5.92 Å². The Hall–Kier alpha value is -1.60. The number of benzene rings is 2. The van der Waals surface area contributed by atoms with Gasteiger partial charge in [0.1, 0.15) is 0 Å². The fraction of sp³-hybridized carbons (Fsp3) is 0.368. The molecule has 0 amide bonds. The summed E-state index contributed by atoms with van der Waals surface area (Å²) < 4.78 is 0. The van der Waals surface area contributed by atoms with Crippen LogP contribution in [-0.4, -0.2) is 6.54 Å². The maximum atomic E-state index is 3.76. The molecule has 104 valence electrons. The first-order valence-electron chi connectivity index (χ1n) is 7.73. The van der Waals surface area contributed by atoms with Crippen LogP contribution < -0.4 is 5.32 Å². The second kappa shape index (κ2) is 6.23. The lowest BCUT2D eigenvalue weighted by Gasteiger charge is -2.25. The minimum Gasteiger partial charge on any atom is -0.310 e. The zero-order valence-corrected chi connectivity index (χ0v) is 12.2. The van der Waals surface area contributed by atoms with Gasteiger partial charge in [0.2, 0.25) is 0 Å². The average molecular weight is 265 g/mol. The number of hydrogen-bond donors (Lipinski definition) is 1. The Morgan fingerprint density at radius 1 is 0.950 bits per heavy atom. The van der Waals surface area contributed by atoms with Crippen LogP contribution in [0.25, 0.3) is 0 Å². The maximum absolute atomic E-state index is 3.76. The van der Waals surface area contributed by atoms with E-state index < -0.39 is 0 Å². The number of nitrogens with one attached hydrogen (secondary N) is 1. The third-order valence-electron chi connectivity index (χ3n) is 4.33. The predicted molar refractivity (Wildman–Crippen MR) is 84.8 cm³/mol. The SMILES string of the molecule is CCCNC(c1ccccc1)C1Cc2ccccc2C1. The summed E-state index contributed by atoms with van der Waals surface area (Å²) in [4.78, 5) is 0. The van der Waals surface area contributed by atoms with E-state index in [4.69, 9.17) is 0 Å². The van der Waals surface area contributed by atoms with Crippen molar-refractivity contribution >= 4 is 0 Å². The van der Waals surface area contributed by atoms with Crippen LogP contribution in [0.3, 0.4) is 0 Å². The van der Waals surface area contributed by atoms with Gasteiger partial charge < -0.3 is 5.32 Å². The van der Waals surface area contributed by atoms with Crippen molar-refractivity contribution in [3.05, 3.63) is 71.3 Å². The van der Waals surface area contributed by atoms with E-state index in [0.29, 0.717) is 12.0 Å². The fourth-order valence-electron chi connectivity index (χ4n) is 3.35. The molecule has 1 unspecified atom stereocenters. The van der Waals surface area contributed by atoms with Gasteiger partial charge in [-0.05, 0) is 48.4 Å². The molecule has 1 N–H and O–H groups in total. The molecule has 0 radical (unpaired) electrons. The van der Waals surface area contributed by atoms with E-state index in [9.17, 15) is 0 Å². The molecule has 1 heteroatoms. The second-order valence-electron chi connectivity index (χ2n) is 5.78. The summed E-state index contributed by atoms with van der Waals surface area (Å²) in [6.07, 6.45) is 3.59. The normalized spacial score (nSPS) is 16.1. The van der Waals surface area contributed by atoms with Crippen LogP contribution in [0.5, 0.6) is 0 Å². The van der Waals surface area contributed by atoms with Crippen molar-refractivity contribution in [1.29, 1.82) is 0 Å². The lowest BCUT2D eigenvalue weighted by molar-refractivity contribution is 0.374. The third kappa shape index (κ3) is 2.78. The molecule has 0 saturated carbocycles. The molecule has 0 fully saturated rings. The van der Waals surface area contributed by atoms with Crippen LogP contribution in [-0.2, 0) is 12.8 Å². The van der Waals surface area contributed by atoms with Gasteiger partial charge in [-0.1, -0.05) is 61.5 Å². The summed E-state index contributed by atoms with van der Waals surface area (Å²) >= 11 is 0. The summed E-state index contributed by atoms with van der Waals surface area (Å²) in [7, 11) is 0. The number of rotatable bonds is 5. The summed E-state index contributed by atoms with van der Waals surface area (Å²) in [5.41, 5.74) is 4.51. The van der Waals surface area contributed by atoms with Gasteiger partial charge in [-0.3, -0.25) is 0 Å². The quantitative estimate of drug-likeness (QED) is 0.856. The highest BCUT2D eigenvalue weighted by Gasteiger charge is 2.28. The number of fused-ring (bicyclic) bond motifs is 1. The largest absolute Gasteiger partial charge is 0.310 e. The van der Waals surface area contributed by atoms with E-state index in [2.05, 4.69) is 66.8 Å². The molecule has 0 spiro atoms. The van der Waals surface area contributed by atoms with E-state index in [1.807, 2.05) is 0 Å². The Kier molecular flexibility index (Phi) is 4.17. The maximum Gasteiger partial charge on any atom is 0.0355 e. The molecule has 1 atom stereocenters. The monoisotopic (exact) mass is 265 g/mol. The van der Waals surface area contributed by atoms with Crippen LogP contribution >= 0.6 is 0 Å². The molecule has 2 aromatic rings. The lowest BCUT2D eigenvalue weighted by atomic mass is 9.90. The minimum absolute atomic E-state index is 0.476. The van der Waals surface area contributed by atoms with E-state index in [0.717, 1.165) is 6.54 Å². The Bertz CT molecular complexity index is 522. The smallest absolute Gasteiger partial charge is 0.0355 e. The Labute approximate surface area is 122 Å². The zero-order chi connectivity index (χ0) is 13.8. The van der Waals surface area contributed by atoms with Crippen LogP contribution in [0.15, 0.2) is 54.6 Å². The molecule has 20 heavy (non-hydrogen) atoms. The van der Waals surface area contributed by atoms with E-state index in [1.54, 1.807) is 0 Å². The highest BCUT2D eigenvalue weighted by atomic mass is 14.9. The van der Waals surface area contributed by atoms with E-state index >= 15 is 0 Å². The topological polar surface area (TPSA) is 12.0 Å². The molecule has 3 rings (SSSR count). The highest BCUT2D eigenvalue weighted by Crippen LogP contribution is 2.35. The molecular formula is C19H23N. The first-order valence-corrected chi connectivity index (χ1v) is 7.73. The summed E-state index contributed by atoms with van der Waals surface area (Å²) in [6, 6.07) is 20.3. The summed E-state index contributed by atoms with van der Waals surface area (Å²) in [6.45, 7) is 3.32. The molecule has 0 saturated heterocycles. The fourth-order valence-corrected chi connectivity index (χ4v) is 3.35. The summed E-state index contributed by atoms with van der Waals surface area (Å²) in [5.74, 6) is 0.682. The minimum atomic E-state index is 0.476. The van der Waals surface area contributed by atoms with Gasteiger partial charge in [-0.25, -0.2) is 0 Å². The zero-order valence-electron chi connectivity index (χ0n) is 12.2. The van der Waals surface area contributed by atoms with Crippen molar-refractivity contribution in [3.63, 3.8) is 0 Å². The van der Waals surface area contributed by atoms with E-state index in [1.165, 1.54) is 36.0 Å². The van der Waals surface area contributed by atoms with Crippen LogP contribution in [0.4, 0.5) is 0 Å². The molecule has 0 bridgehead atoms. The molecule has 0 heterocycles. The van der Waals surface area contributed by atoms with Crippen LogP contribution in [0.2, 0.25) is 0 Å². The van der Waals surface area contributed by atoms with Gasteiger partial charge in [0.15, 0.2) is 0 Å². The molecule has 0 aromatic heterocycles. The van der Waals surface area contributed by atoms with Gasteiger partial charge in [0.05, 0.1) is 0 Å². The van der Waals surface area contributed by atoms with Crippen molar-refractivity contribution in [2.75, 3.05) is 6.54 Å². The van der Waals surface area contributed by atoms with Gasteiger partial charge in [0, 0.05) is 6.04 Å². The van der Waals surface area contributed by atoms with Gasteiger partial charge in [-0.2, -0.15) is 0 Å².